The summed E-state index contributed by atoms with van der Waals surface area (Å²) in [6.45, 7) is 2.32. The molecule has 3 rings (SSSR count). The lowest BCUT2D eigenvalue weighted by Gasteiger charge is -2.12. The lowest BCUT2D eigenvalue weighted by atomic mass is 10.1. The van der Waals surface area contributed by atoms with Crippen molar-refractivity contribution >= 4 is 0 Å². The highest BCUT2D eigenvalue weighted by Crippen LogP contribution is 2.27. The van der Waals surface area contributed by atoms with Crippen molar-refractivity contribution in [1.82, 2.24) is 0 Å². The van der Waals surface area contributed by atoms with Crippen LogP contribution in [-0.2, 0) is 11.3 Å². The Kier molecular flexibility index (Phi) is 8.53. The minimum absolute atomic E-state index is 0.564. The average molecular weight is 369 g/mol. The van der Waals surface area contributed by atoms with Gasteiger partial charge in [-0.05, 0) is 30.5 Å². The molecule has 0 radical (unpaired) electrons. The maximum atomic E-state index is 5.97. The molecule has 1 heterocycles. The molecule has 27 heavy (non-hydrogen) atoms. The van der Waals surface area contributed by atoms with Crippen LogP contribution in [0.3, 0.4) is 0 Å². The smallest absolute Gasteiger partial charge is 0.161 e. The molecule has 1 atom stereocenters. The van der Waals surface area contributed by atoms with Crippen LogP contribution in [-0.4, -0.2) is 19.3 Å². The molecule has 2 aromatic carbocycles. The van der Waals surface area contributed by atoms with Crippen LogP contribution in [0, 0.1) is 0 Å². The Hall–Kier alpha value is -2.00. The molecule has 1 unspecified atom stereocenters. The van der Waals surface area contributed by atoms with Crippen molar-refractivity contribution in [3.63, 3.8) is 0 Å². The number of hydrogen-bond acceptors (Lipinski definition) is 3. The Balaban J connectivity index is 1.25. The number of hydrogen-bond donors (Lipinski definition) is 0. The summed E-state index contributed by atoms with van der Waals surface area (Å²) in [7, 11) is 0. The first-order valence-corrected chi connectivity index (χ1v) is 10.4. The molecule has 0 aliphatic carbocycles. The number of rotatable bonds is 14. The van der Waals surface area contributed by atoms with Crippen LogP contribution in [0.1, 0.15) is 56.9 Å². The SMILES string of the molecule is c1ccc(COc2ccccc2OCCCCCCCCCC2CO2)cc1. The molecule has 0 N–H and O–H groups in total. The molecule has 1 fully saturated rings. The fraction of sp³-hybridized carbons (Fsp3) is 0.500. The lowest BCUT2D eigenvalue weighted by Crippen LogP contribution is -2.01. The summed E-state index contributed by atoms with van der Waals surface area (Å²) in [4.78, 5) is 0. The molecule has 146 valence electrons. The van der Waals surface area contributed by atoms with E-state index in [1.165, 1.54) is 44.9 Å². The van der Waals surface area contributed by atoms with Gasteiger partial charge in [-0.25, -0.2) is 0 Å². The van der Waals surface area contributed by atoms with E-state index >= 15 is 0 Å². The molecule has 0 saturated carbocycles. The highest BCUT2D eigenvalue weighted by molar-refractivity contribution is 5.39. The van der Waals surface area contributed by atoms with Crippen molar-refractivity contribution in [3.05, 3.63) is 60.2 Å². The number of unbranched alkanes of at least 4 members (excludes halogenated alkanes) is 6. The van der Waals surface area contributed by atoms with Crippen LogP contribution in [0.2, 0.25) is 0 Å². The molecule has 0 spiro atoms. The van der Waals surface area contributed by atoms with Gasteiger partial charge in [-0.2, -0.15) is 0 Å². The molecule has 0 bridgehead atoms. The van der Waals surface area contributed by atoms with E-state index in [0.29, 0.717) is 12.7 Å². The van der Waals surface area contributed by atoms with Crippen molar-refractivity contribution < 1.29 is 14.2 Å². The predicted molar refractivity (Wildman–Crippen MR) is 109 cm³/mol. The number of para-hydroxylation sites is 2. The zero-order valence-corrected chi connectivity index (χ0v) is 16.3. The van der Waals surface area contributed by atoms with Gasteiger partial charge in [-0.15, -0.1) is 0 Å². The first-order valence-electron chi connectivity index (χ1n) is 10.4. The van der Waals surface area contributed by atoms with E-state index in [2.05, 4.69) is 12.1 Å². The highest BCUT2D eigenvalue weighted by atomic mass is 16.6. The van der Waals surface area contributed by atoms with E-state index in [4.69, 9.17) is 14.2 Å². The van der Waals surface area contributed by atoms with Crippen LogP contribution < -0.4 is 9.47 Å². The first-order chi connectivity index (χ1) is 13.4. The fourth-order valence-corrected chi connectivity index (χ4v) is 3.20. The third-order valence-corrected chi connectivity index (χ3v) is 4.92. The summed E-state index contributed by atoms with van der Waals surface area (Å²) < 4.78 is 17.1. The molecule has 0 aromatic heterocycles. The van der Waals surface area contributed by atoms with E-state index in [-0.39, 0.29) is 0 Å². The third-order valence-electron chi connectivity index (χ3n) is 4.92. The van der Waals surface area contributed by atoms with E-state index in [0.717, 1.165) is 36.7 Å². The van der Waals surface area contributed by atoms with Gasteiger partial charge in [0.2, 0.25) is 0 Å². The molecule has 1 aliphatic rings. The predicted octanol–water partition coefficient (Wildman–Crippen LogP) is 6.16. The Morgan fingerprint density at radius 3 is 2.00 bits per heavy atom. The van der Waals surface area contributed by atoms with Crippen LogP contribution in [0.4, 0.5) is 0 Å². The lowest BCUT2D eigenvalue weighted by molar-refractivity contribution is 0.257. The minimum Gasteiger partial charge on any atom is -0.490 e. The summed E-state index contributed by atoms with van der Waals surface area (Å²) in [5.41, 5.74) is 1.16. The molecule has 1 saturated heterocycles. The summed E-state index contributed by atoms with van der Waals surface area (Å²) in [5, 5.41) is 0. The zero-order chi connectivity index (χ0) is 18.6. The average Bonchev–Trinajstić information content (AvgIpc) is 3.54. The molecule has 0 amide bonds. The van der Waals surface area contributed by atoms with Gasteiger partial charge in [0.15, 0.2) is 11.5 Å². The van der Waals surface area contributed by atoms with Crippen LogP contribution in [0.15, 0.2) is 54.6 Å². The quantitative estimate of drug-likeness (QED) is 0.295. The van der Waals surface area contributed by atoms with Gasteiger partial charge in [-0.3, -0.25) is 0 Å². The van der Waals surface area contributed by atoms with Gasteiger partial charge in [0.25, 0.3) is 0 Å². The standard InChI is InChI=1S/C24H32O3/c1(2-4-9-15-22-20-26-22)3-5-12-18-25-23-16-10-11-17-24(23)27-19-21-13-7-6-8-14-21/h6-8,10-11,13-14,16-17,22H,1-5,9,12,15,18-20H2. The maximum Gasteiger partial charge on any atom is 0.161 e. The zero-order valence-electron chi connectivity index (χ0n) is 16.3. The fourth-order valence-electron chi connectivity index (χ4n) is 3.20. The summed E-state index contributed by atoms with van der Waals surface area (Å²) in [5.74, 6) is 1.66. The van der Waals surface area contributed by atoms with Crippen molar-refractivity contribution in [2.75, 3.05) is 13.2 Å². The Labute approximate surface area is 163 Å². The first kappa shape index (κ1) is 19.8. The number of ether oxygens (including phenoxy) is 3. The van der Waals surface area contributed by atoms with Gasteiger partial charge in [0.05, 0.1) is 19.3 Å². The molecule has 3 heteroatoms. The van der Waals surface area contributed by atoms with Crippen molar-refractivity contribution in [3.8, 4) is 11.5 Å². The molecule has 1 aliphatic heterocycles. The third kappa shape index (κ3) is 8.04. The highest BCUT2D eigenvalue weighted by Gasteiger charge is 2.20. The second kappa shape index (κ2) is 11.7. The van der Waals surface area contributed by atoms with Crippen molar-refractivity contribution in [2.45, 2.75) is 64.1 Å². The van der Waals surface area contributed by atoms with Gasteiger partial charge in [-0.1, -0.05) is 81.0 Å². The molecule has 2 aromatic rings. The second-order valence-corrected chi connectivity index (χ2v) is 7.29. The molecular weight excluding hydrogens is 336 g/mol. The Bertz CT molecular complexity index is 637. The largest absolute Gasteiger partial charge is 0.490 e. The van der Waals surface area contributed by atoms with Crippen molar-refractivity contribution in [2.24, 2.45) is 0 Å². The van der Waals surface area contributed by atoms with Crippen LogP contribution in [0.5, 0.6) is 11.5 Å². The van der Waals surface area contributed by atoms with E-state index < -0.39 is 0 Å². The molecule has 3 nitrogen and oxygen atoms in total. The van der Waals surface area contributed by atoms with Crippen LogP contribution >= 0.6 is 0 Å². The summed E-state index contributed by atoms with van der Waals surface area (Å²) >= 11 is 0. The minimum atomic E-state index is 0.564. The maximum absolute atomic E-state index is 5.97. The van der Waals surface area contributed by atoms with Gasteiger partial charge >= 0.3 is 0 Å². The van der Waals surface area contributed by atoms with Crippen LogP contribution in [0.25, 0.3) is 0 Å². The number of benzene rings is 2. The van der Waals surface area contributed by atoms with E-state index in [1.807, 2.05) is 42.5 Å². The second-order valence-electron chi connectivity index (χ2n) is 7.29. The number of epoxide rings is 1. The van der Waals surface area contributed by atoms with Gasteiger partial charge in [0.1, 0.15) is 6.61 Å². The Morgan fingerprint density at radius 1 is 0.704 bits per heavy atom. The topological polar surface area (TPSA) is 31.0 Å². The van der Waals surface area contributed by atoms with Crippen molar-refractivity contribution in [1.29, 1.82) is 0 Å². The summed E-state index contributed by atoms with van der Waals surface area (Å²) in [6.07, 6.45) is 10.9. The van der Waals surface area contributed by atoms with E-state index in [1.54, 1.807) is 0 Å². The van der Waals surface area contributed by atoms with Gasteiger partial charge in [0, 0.05) is 0 Å². The van der Waals surface area contributed by atoms with Gasteiger partial charge < -0.3 is 14.2 Å². The van der Waals surface area contributed by atoms with E-state index in [9.17, 15) is 0 Å². The Morgan fingerprint density at radius 2 is 1.30 bits per heavy atom. The normalized spacial score (nSPS) is 15.5. The summed E-state index contributed by atoms with van der Waals surface area (Å²) in [6, 6.07) is 18.2. The monoisotopic (exact) mass is 368 g/mol. The molecular formula is C24H32O3.